The Morgan fingerprint density at radius 2 is 1.59 bits per heavy atom. The Hall–Kier alpha value is -6.80. The van der Waals surface area contributed by atoms with Crippen LogP contribution in [0.5, 0.6) is 17.2 Å². The second-order valence-corrected chi connectivity index (χ2v) is 19.0. The van der Waals surface area contributed by atoms with E-state index in [4.69, 9.17) is 26.1 Å². The zero-order chi connectivity index (χ0) is 51.2. The van der Waals surface area contributed by atoms with Gasteiger partial charge in [-0.2, -0.15) is 13.1 Å². The van der Waals surface area contributed by atoms with Gasteiger partial charge in [0, 0.05) is 56.0 Å². The summed E-state index contributed by atoms with van der Waals surface area (Å²) in [6.07, 6.45) is 0.736. The summed E-state index contributed by atoms with van der Waals surface area (Å²) in [6, 6.07) is 7.95. The number of aliphatic carboxylic acids is 1. The second kappa shape index (κ2) is 21.9. The normalized spacial score (nSPS) is 19.0. The van der Waals surface area contributed by atoms with E-state index in [1.54, 1.807) is 6.92 Å². The lowest BCUT2D eigenvalue weighted by Gasteiger charge is -2.33. The molecule has 4 amide bonds. The molecule has 1 unspecified atom stereocenters. The van der Waals surface area contributed by atoms with Crippen molar-refractivity contribution in [2.45, 2.75) is 81.8 Å². The molecule has 2 heterocycles. The number of likely N-dealkylation sites (N-methyl/N-ethyl adjacent to an activating group) is 1. The number of carboxylic acids is 1. The van der Waals surface area contributed by atoms with E-state index in [1.165, 1.54) is 49.0 Å². The average molecular weight is 991 g/mol. The highest BCUT2D eigenvalue weighted by molar-refractivity contribution is 7.87. The van der Waals surface area contributed by atoms with Crippen molar-refractivity contribution in [3.63, 3.8) is 0 Å². The van der Waals surface area contributed by atoms with Gasteiger partial charge in [0.2, 0.25) is 17.7 Å². The fourth-order valence-electron chi connectivity index (χ4n) is 7.63. The van der Waals surface area contributed by atoms with E-state index in [2.05, 4.69) is 32.8 Å². The number of nitrogens with zero attached hydrogens (tertiary/aromatic N) is 3. The molecule has 24 heteroatoms. The highest BCUT2D eigenvalue weighted by atomic mass is 32.2. The highest BCUT2D eigenvalue weighted by Crippen LogP contribution is 2.48. The van der Waals surface area contributed by atoms with Crippen molar-refractivity contribution in [1.29, 1.82) is 0 Å². The predicted molar refractivity (Wildman–Crippen MR) is 252 cm³/mol. The number of rotatable bonds is 18. The van der Waals surface area contributed by atoms with Gasteiger partial charge in [0.15, 0.2) is 17.3 Å². The van der Waals surface area contributed by atoms with Crippen LogP contribution in [0.15, 0.2) is 60.8 Å². The number of phenolic OH excluding ortho intramolecular Hbond substituents is 1. The molecule has 4 bridgehead atoms. The van der Waals surface area contributed by atoms with Crippen LogP contribution in [-0.2, 0) is 41.2 Å². The number of nitrogens with two attached hydrogens (primary N) is 3. The SMILES string of the molecule is Cc1nc(-c2ccc(C3(C)CC3)cc2)ncc1C(=O)N[C@@H](CNS(N)(=O)=O)C(=O)N(C)[C@@H]1C(=O)N[C@@H](C)C(=O)NC(C(=O)O)Cc2ccc(OC[C@H](O)CN)c(c2)-c2cc1cc(OC[C@H](O)CN)c2O. The largest absolute Gasteiger partial charge is 0.504 e. The van der Waals surface area contributed by atoms with E-state index in [1.807, 2.05) is 29.0 Å². The van der Waals surface area contributed by atoms with Crippen molar-refractivity contribution in [2.75, 3.05) is 39.9 Å². The van der Waals surface area contributed by atoms with Crippen LogP contribution in [0.25, 0.3) is 22.5 Å². The number of fused-ring (bicyclic) bond motifs is 5. The van der Waals surface area contributed by atoms with Gasteiger partial charge in [-0.15, -0.1) is 0 Å². The summed E-state index contributed by atoms with van der Waals surface area (Å²) in [4.78, 5) is 79.2. The lowest BCUT2D eigenvalue weighted by Crippen LogP contribution is -2.57. The Kier molecular flexibility index (Phi) is 16.4. The molecule has 23 nitrogen and oxygen atoms in total. The number of amides is 4. The van der Waals surface area contributed by atoms with E-state index in [0.717, 1.165) is 24.8 Å². The summed E-state index contributed by atoms with van der Waals surface area (Å²) in [5, 5.41) is 55.3. The Morgan fingerprint density at radius 3 is 2.17 bits per heavy atom. The van der Waals surface area contributed by atoms with Gasteiger partial charge in [0.25, 0.3) is 16.1 Å². The molecule has 1 aliphatic heterocycles. The van der Waals surface area contributed by atoms with Gasteiger partial charge in [-0.25, -0.2) is 19.9 Å². The minimum atomic E-state index is -4.51. The Labute approximate surface area is 403 Å². The number of carbonyl (C=O) groups excluding carboxylic acids is 4. The van der Waals surface area contributed by atoms with Gasteiger partial charge in [-0.05, 0) is 73.1 Å². The second-order valence-electron chi connectivity index (χ2n) is 17.6. The molecular weight excluding hydrogens is 933 g/mol. The van der Waals surface area contributed by atoms with Crippen molar-refractivity contribution >= 4 is 39.8 Å². The molecule has 14 N–H and O–H groups in total. The van der Waals surface area contributed by atoms with Crippen LogP contribution in [0.1, 0.15) is 65.5 Å². The van der Waals surface area contributed by atoms with Gasteiger partial charge in [-0.3, -0.25) is 19.2 Å². The number of aromatic hydroxyl groups is 1. The summed E-state index contributed by atoms with van der Waals surface area (Å²) < 4.78 is 38.2. The van der Waals surface area contributed by atoms with Crippen LogP contribution in [0.2, 0.25) is 0 Å². The molecule has 70 heavy (non-hydrogen) atoms. The first-order valence-corrected chi connectivity index (χ1v) is 23.7. The number of aliphatic hydroxyl groups excluding tert-OH is 2. The summed E-state index contributed by atoms with van der Waals surface area (Å²) in [5.74, 6) is -6.02. The molecule has 6 rings (SSSR count). The van der Waals surface area contributed by atoms with E-state index in [9.17, 15) is 52.8 Å². The third-order valence-electron chi connectivity index (χ3n) is 12.1. The molecule has 0 radical (unpaired) electrons. The summed E-state index contributed by atoms with van der Waals surface area (Å²) in [6.45, 7) is 2.88. The summed E-state index contributed by atoms with van der Waals surface area (Å²) in [7, 11) is -3.36. The van der Waals surface area contributed by atoms with Crippen molar-refractivity contribution < 1.29 is 62.3 Å². The number of hydrogen-bond acceptors (Lipinski definition) is 16. The molecule has 1 aliphatic carbocycles. The third kappa shape index (κ3) is 12.7. The van der Waals surface area contributed by atoms with Crippen molar-refractivity contribution in [3.8, 4) is 39.8 Å². The molecule has 1 saturated carbocycles. The molecule has 1 aromatic heterocycles. The van der Waals surface area contributed by atoms with Crippen LogP contribution in [0.3, 0.4) is 0 Å². The smallest absolute Gasteiger partial charge is 0.326 e. The van der Waals surface area contributed by atoms with Crippen LogP contribution >= 0.6 is 0 Å². The molecule has 3 aromatic carbocycles. The fourth-order valence-corrected chi connectivity index (χ4v) is 8.03. The summed E-state index contributed by atoms with van der Waals surface area (Å²) >= 11 is 0. The standard InChI is InChI=1S/C46H58N10O13S/c1-23-33(19-50-40(52-23)26-6-8-28(9-7-26)46(3)11-12-46)42(61)55-35(20-51-70(49,66)67)44(63)56(4)38-27-15-32(39(59)37(16-27)69-22-30(58)18-48)31-13-25(5-10-36(31)68-21-29(57)17-47)14-34(45(64)65)54-41(60)24(2)53-43(38)62/h5-10,13,15-16,19,24,29-30,34-35,38,51,57-59H,11-12,14,17-18,20-22,47-48H2,1-4H3,(H,53,62)(H,54,60)(H,55,61)(H,64,65)(H2,49,66,67)/t24-,29+,30+,34?,35-,38-/m0/s1. The lowest BCUT2D eigenvalue weighted by atomic mass is 9.93. The van der Waals surface area contributed by atoms with Gasteiger partial charge in [-0.1, -0.05) is 37.3 Å². The zero-order valence-electron chi connectivity index (χ0n) is 38.8. The number of aryl methyl sites for hydroxylation is 1. The molecule has 0 saturated heterocycles. The first-order valence-electron chi connectivity index (χ1n) is 22.2. The maximum absolute atomic E-state index is 14.8. The van der Waals surface area contributed by atoms with Gasteiger partial charge >= 0.3 is 5.97 Å². The van der Waals surface area contributed by atoms with Crippen LogP contribution in [0.4, 0.5) is 0 Å². The van der Waals surface area contributed by atoms with Gasteiger partial charge in [0.05, 0.1) is 11.3 Å². The topological polar surface area (TPSA) is 374 Å². The molecule has 4 aromatic rings. The maximum atomic E-state index is 14.8. The Balaban J connectivity index is 1.45. The van der Waals surface area contributed by atoms with Crippen molar-refractivity contribution in [3.05, 3.63) is 88.7 Å². The molecular formula is C46H58N10O13S. The first kappa shape index (κ1) is 52.6. The molecule has 0 spiro atoms. The van der Waals surface area contributed by atoms with E-state index >= 15 is 0 Å². The number of nitrogens with one attached hydrogen (secondary N) is 4. The maximum Gasteiger partial charge on any atom is 0.326 e. The monoisotopic (exact) mass is 990 g/mol. The minimum Gasteiger partial charge on any atom is -0.504 e. The average Bonchev–Trinajstić information content (AvgIpc) is 4.08. The van der Waals surface area contributed by atoms with Gasteiger partial charge < -0.3 is 62.2 Å². The van der Waals surface area contributed by atoms with E-state index in [-0.39, 0.29) is 71.0 Å². The Bertz CT molecular complexity index is 2740. The lowest BCUT2D eigenvalue weighted by molar-refractivity contribution is -0.143. The number of aromatic nitrogens is 2. The first-order chi connectivity index (χ1) is 33.0. The number of ether oxygens (including phenoxy) is 2. The number of carbonyl (C=O) groups is 5. The number of benzene rings is 3. The van der Waals surface area contributed by atoms with Crippen molar-refractivity contribution in [1.82, 2.24) is 35.5 Å². The molecule has 2 aliphatic rings. The number of aliphatic hydroxyl groups is 2. The predicted octanol–water partition coefficient (Wildman–Crippen LogP) is -1.01. The Morgan fingerprint density at radius 1 is 0.943 bits per heavy atom. The van der Waals surface area contributed by atoms with Crippen LogP contribution in [0, 0.1) is 6.92 Å². The number of phenols is 1. The zero-order valence-corrected chi connectivity index (χ0v) is 39.7. The van der Waals surface area contributed by atoms with Crippen LogP contribution in [-0.4, -0.2) is 144 Å². The quantitative estimate of drug-likeness (QED) is 0.0569. The van der Waals surface area contributed by atoms with Crippen molar-refractivity contribution in [2.24, 2.45) is 16.6 Å². The summed E-state index contributed by atoms with van der Waals surface area (Å²) in [5.41, 5.74) is 13.5. The van der Waals surface area contributed by atoms with E-state index in [0.29, 0.717) is 17.0 Å². The minimum absolute atomic E-state index is 0.0174. The number of carboxylic acid groups (broad SMARTS) is 1. The van der Waals surface area contributed by atoms with E-state index < -0.39 is 95.1 Å². The highest BCUT2D eigenvalue weighted by Gasteiger charge is 2.39. The number of hydrogen-bond donors (Lipinski definition) is 11. The van der Waals surface area contributed by atoms with Gasteiger partial charge in [0.1, 0.15) is 55.3 Å². The molecule has 376 valence electrons. The van der Waals surface area contributed by atoms with Crippen LogP contribution < -0.4 is 46.8 Å². The molecule has 6 atom stereocenters. The fraction of sp³-hybridized carbons (Fsp3) is 0.413. The third-order valence-corrected chi connectivity index (χ3v) is 12.7. The molecule has 1 fully saturated rings.